The SMILES string of the molecule is C=C1CCC(OC(F)(F)F)CC1. The van der Waals surface area contributed by atoms with E-state index in [2.05, 4.69) is 11.3 Å². The summed E-state index contributed by atoms with van der Waals surface area (Å²) in [5.41, 5.74) is 1.03. The summed E-state index contributed by atoms with van der Waals surface area (Å²) in [6, 6.07) is 0. The second kappa shape index (κ2) is 3.47. The first-order valence-corrected chi connectivity index (χ1v) is 3.88. The van der Waals surface area contributed by atoms with Gasteiger partial charge < -0.3 is 0 Å². The summed E-state index contributed by atoms with van der Waals surface area (Å²) in [6.45, 7) is 3.71. The van der Waals surface area contributed by atoms with Crippen LogP contribution in [0.5, 0.6) is 0 Å². The third-order valence-electron chi connectivity index (χ3n) is 1.94. The fraction of sp³-hybridized carbons (Fsp3) is 0.750. The Kier molecular flexibility index (Phi) is 2.77. The van der Waals surface area contributed by atoms with E-state index in [-0.39, 0.29) is 0 Å². The molecule has 0 radical (unpaired) electrons. The van der Waals surface area contributed by atoms with Crippen LogP contribution >= 0.6 is 0 Å². The molecule has 0 amide bonds. The van der Waals surface area contributed by atoms with Crippen molar-refractivity contribution in [1.29, 1.82) is 0 Å². The van der Waals surface area contributed by atoms with Gasteiger partial charge in [-0.15, -0.1) is 13.2 Å². The van der Waals surface area contributed by atoms with Gasteiger partial charge in [0, 0.05) is 0 Å². The average Bonchev–Trinajstić information content (AvgIpc) is 1.91. The van der Waals surface area contributed by atoms with Crippen LogP contribution in [0.2, 0.25) is 0 Å². The lowest BCUT2D eigenvalue weighted by atomic mass is 9.94. The Labute approximate surface area is 69.2 Å². The van der Waals surface area contributed by atoms with Crippen LogP contribution < -0.4 is 0 Å². The molecule has 0 heterocycles. The Morgan fingerprint density at radius 1 is 1.25 bits per heavy atom. The summed E-state index contributed by atoms with van der Waals surface area (Å²) in [5, 5.41) is 0. The number of ether oxygens (including phenoxy) is 1. The largest absolute Gasteiger partial charge is 0.522 e. The Morgan fingerprint density at radius 2 is 1.75 bits per heavy atom. The van der Waals surface area contributed by atoms with Gasteiger partial charge in [-0.05, 0) is 25.7 Å². The number of halogens is 3. The van der Waals surface area contributed by atoms with E-state index in [4.69, 9.17) is 0 Å². The van der Waals surface area contributed by atoms with Crippen molar-refractivity contribution >= 4 is 0 Å². The summed E-state index contributed by atoms with van der Waals surface area (Å²) >= 11 is 0. The molecule has 0 aromatic carbocycles. The zero-order chi connectivity index (χ0) is 9.19. The van der Waals surface area contributed by atoms with Gasteiger partial charge in [-0.25, -0.2) is 0 Å². The molecule has 70 valence electrons. The van der Waals surface area contributed by atoms with Crippen LogP contribution in [0.4, 0.5) is 13.2 Å². The van der Waals surface area contributed by atoms with Gasteiger partial charge in [-0.3, -0.25) is 4.74 Å². The van der Waals surface area contributed by atoms with Gasteiger partial charge in [-0.2, -0.15) is 0 Å². The van der Waals surface area contributed by atoms with E-state index in [1.54, 1.807) is 0 Å². The van der Waals surface area contributed by atoms with Crippen molar-refractivity contribution < 1.29 is 17.9 Å². The predicted octanol–water partition coefficient (Wildman–Crippen LogP) is 3.02. The highest BCUT2D eigenvalue weighted by Gasteiger charge is 2.34. The molecule has 1 fully saturated rings. The molecule has 0 aromatic heterocycles. The van der Waals surface area contributed by atoms with Crippen LogP contribution in [0.15, 0.2) is 12.2 Å². The molecule has 0 unspecified atom stereocenters. The molecule has 0 atom stereocenters. The van der Waals surface area contributed by atoms with E-state index in [1.807, 2.05) is 0 Å². The van der Waals surface area contributed by atoms with Crippen LogP contribution in [0.25, 0.3) is 0 Å². The topological polar surface area (TPSA) is 9.23 Å². The van der Waals surface area contributed by atoms with Gasteiger partial charge in [-0.1, -0.05) is 12.2 Å². The molecule has 0 saturated heterocycles. The molecule has 0 aromatic rings. The van der Waals surface area contributed by atoms with Crippen molar-refractivity contribution in [2.45, 2.75) is 38.1 Å². The lowest BCUT2D eigenvalue weighted by molar-refractivity contribution is -0.344. The van der Waals surface area contributed by atoms with E-state index in [0.29, 0.717) is 25.7 Å². The Hall–Kier alpha value is -0.510. The van der Waals surface area contributed by atoms with Gasteiger partial charge in [0.2, 0.25) is 0 Å². The number of allylic oxidation sites excluding steroid dienone is 1. The van der Waals surface area contributed by atoms with Crippen molar-refractivity contribution in [2.24, 2.45) is 0 Å². The summed E-state index contributed by atoms with van der Waals surface area (Å²) in [6.07, 6.45) is -2.95. The third-order valence-corrected chi connectivity index (χ3v) is 1.94. The van der Waals surface area contributed by atoms with Crippen molar-refractivity contribution in [3.63, 3.8) is 0 Å². The van der Waals surface area contributed by atoms with Crippen LogP contribution in [0, 0.1) is 0 Å². The highest BCUT2D eigenvalue weighted by atomic mass is 19.4. The van der Waals surface area contributed by atoms with Crippen LogP contribution in [0.1, 0.15) is 25.7 Å². The lowest BCUT2D eigenvalue weighted by Gasteiger charge is -2.24. The Bertz CT molecular complexity index is 164. The van der Waals surface area contributed by atoms with Gasteiger partial charge in [0.25, 0.3) is 0 Å². The van der Waals surface area contributed by atoms with Gasteiger partial charge >= 0.3 is 6.36 Å². The van der Waals surface area contributed by atoms with Crippen LogP contribution in [0.3, 0.4) is 0 Å². The van der Waals surface area contributed by atoms with Gasteiger partial charge in [0.05, 0.1) is 6.10 Å². The number of rotatable bonds is 1. The van der Waals surface area contributed by atoms with Crippen LogP contribution in [-0.4, -0.2) is 12.5 Å². The molecule has 0 spiro atoms. The molecule has 1 rings (SSSR count). The Morgan fingerprint density at radius 3 is 2.17 bits per heavy atom. The quantitative estimate of drug-likeness (QED) is 0.563. The molecule has 4 heteroatoms. The van der Waals surface area contributed by atoms with Gasteiger partial charge in [0.1, 0.15) is 0 Å². The number of hydrogen-bond donors (Lipinski definition) is 0. The molecule has 1 nitrogen and oxygen atoms in total. The molecule has 0 N–H and O–H groups in total. The maximum absolute atomic E-state index is 11.7. The van der Waals surface area contributed by atoms with E-state index in [0.717, 1.165) is 5.57 Å². The van der Waals surface area contributed by atoms with Crippen molar-refractivity contribution in [2.75, 3.05) is 0 Å². The normalized spacial score (nSPS) is 21.4. The molecular weight excluding hydrogens is 169 g/mol. The minimum absolute atomic E-state index is 0.443. The number of hydrogen-bond acceptors (Lipinski definition) is 1. The lowest BCUT2D eigenvalue weighted by Crippen LogP contribution is -2.26. The third kappa shape index (κ3) is 3.26. The minimum atomic E-state index is -4.48. The minimum Gasteiger partial charge on any atom is -0.289 e. The summed E-state index contributed by atoms with van der Waals surface area (Å²) < 4.78 is 39.0. The zero-order valence-corrected chi connectivity index (χ0v) is 6.66. The average molecular weight is 180 g/mol. The maximum atomic E-state index is 11.7. The summed E-state index contributed by atoms with van der Waals surface area (Å²) in [7, 11) is 0. The second-order valence-electron chi connectivity index (χ2n) is 3.01. The molecule has 1 aliphatic carbocycles. The first-order chi connectivity index (χ1) is 5.47. The highest BCUT2D eigenvalue weighted by Crippen LogP contribution is 2.29. The smallest absolute Gasteiger partial charge is 0.289 e. The monoisotopic (exact) mass is 180 g/mol. The summed E-state index contributed by atoms with van der Waals surface area (Å²) in [5.74, 6) is 0. The molecule has 0 bridgehead atoms. The predicted molar refractivity (Wildman–Crippen MR) is 38.5 cm³/mol. The molecule has 12 heavy (non-hydrogen) atoms. The van der Waals surface area contributed by atoms with Gasteiger partial charge in [0.15, 0.2) is 0 Å². The number of alkyl halides is 3. The Balaban J connectivity index is 2.31. The molecule has 1 saturated carbocycles. The fourth-order valence-electron chi connectivity index (χ4n) is 1.31. The maximum Gasteiger partial charge on any atom is 0.522 e. The van der Waals surface area contributed by atoms with E-state index in [9.17, 15) is 13.2 Å². The van der Waals surface area contributed by atoms with E-state index < -0.39 is 12.5 Å². The fourth-order valence-corrected chi connectivity index (χ4v) is 1.31. The molecule has 1 aliphatic rings. The molecule has 0 aliphatic heterocycles. The van der Waals surface area contributed by atoms with E-state index in [1.165, 1.54) is 0 Å². The van der Waals surface area contributed by atoms with Crippen molar-refractivity contribution in [1.82, 2.24) is 0 Å². The van der Waals surface area contributed by atoms with E-state index >= 15 is 0 Å². The zero-order valence-electron chi connectivity index (χ0n) is 6.66. The highest BCUT2D eigenvalue weighted by molar-refractivity contribution is 4.98. The molecular formula is C8H11F3O. The summed E-state index contributed by atoms with van der Waals surface area (Å²) in [4.78, 5) is 0. The van der Waals surface area contributed by atoms with Crippen LogP contribution in [-0.2, 0) is 4.74 Å². The van der Waals surface area contributed by atoms with Crippen molar-refractivity contribution in [3.05, 3.63) is 12.2 Å². The first kappa shape index (κ1) is 9.58. The standard InChI is InChI=1S/C8H11F3O/c1-6-2-4-7(5-3-6)12-8(9,10)11/h7H,1-5H2. The first-order valence-electron chi connectivity index (χ1n) is 3.88. The van der Waals surface area contributed by atoms with Crippen molar-refractivity contribution in [3.8, 4) is 0 Å². The second-order valence-corrected chi connectivity index (χ2v) is 3.01.